The number of benzene rings is 2. The highest BCUT2D eigenvalue weighted by Gasteiger charge is 2.66. The third-order valence-corrected chi connectivity index (χ3v) is 18.3. The molecule has 2 aromatic carbocycles. The molecule has 0 spiro atoms. The zero-order valence-corrected chi connectivity index (χ0v) is 46.1. The number of carboxylic acids is 1. The van der Waals surface area contributed by atoms with E-state index in [1.807, 2.05) is 55.1 Å². The number of anilines is 5. The monoisotopic (exact) mass is 1090 g/mol. The number of carbonyl (C=O) groups is 5. The van der Waals surface area contributed by atoms with Crippen LogP contribution in [0, 0.1) is 30.1 Å². The molecule has 1 saturated heterocycles. The molecule has 7 heterocycles. The summed E-state index contributed by atoms with van der Waals surface area (Å²) in [5.74, 6) is -1.43. The summed E-state index contributed by atoms with van der Waals surface area (Å²) in [4.78, 5) is 78.8. The first-order valence-electron chi connectivity index (χ1n) is 27.4. The predicted molar refractivity (Wildman–Crippen MR) is 297 cm³/mol. The highest BCUT2D eigenvalue weighted by molar-refractivity contribution is 7.22. The molecule has 7 aliphatic rings. The number of rotatable bonds is 19. The van der Waals surface area contributed by atoms with Crippen LogP contribution in [0.5, 0.6) is 0 Å². The summed E-state index contributed by atoms with van der Waals surface area (Å²) in [6, 6.07) is 15.7. The summed E-state index contributed by atoms with van der Waals surface area (Å²) in [7, 11) is 2.07. The van der Waals surface area contributed by atoms with E-state index in [2.05, 4.69) is 56.6 Å². The van der Waals surface area contributed by atoms with Crippen molar-refractivity contribution >= 4 is 79.4 Å². The maximum atomic E-state index is 13.5. The second-order valence-corrected chi connectivity index (χ2v) is 24.8. The van der Waals surface area contributed by atoms with Crippen LogP contribution in [-0.4, -0.2) is 139 Å². The second kappa shape index (κ2) is 20.2. The van der Waals surface area contributed by atoms with E-state index >= 15 is 0 Å². The van der Waals surface area contributed by atoms with Gasteiger partial charge >= 0.3 is 5.97 Å². The van der Waals surface area contributed by atoms with Crippen LogP contribution in [0.3, 0.4) is 0 Å². The van der Waals surface area contributed by atoms with E-state index in [9.17, 15) is 29.1 Å². The van der Waals surface area contributed by atoms with E-state index in [4.69, 9.17) is 24.5 Å². The lowest BCUT2D eigenvalue weighted by molar-refractivity contribution is -0.248. The summed E-state index contributed by atoms with van der Waals surface area (Å²) in [6.45, 7) is 13.6. The highest BCUT2D eigenvalue weighted by Crippen LogP contribution is 2.72. The average Bonchev–Trinajstić information content (AvgIpc) is 4.11. The van der Waals surface area contributed by atoms with Crippen LogP contribution in [0.2, 0.25) is 0 Å². The molecule has 0 radical (unpaired) electrons. The highest BCUT2D eigenvalue weighted by atomic mass is 32.1. The van der Waals surface area contributed by atoms with E-state index in [0.29, 0.717) is 68.2 Å². The Balaban J connectivity index is 0.660. The standard InChI is InChI=1S/C58H66N12O8S/c1-34-36-11-9-20-68(49(36)66-65-48(34)64-54-61-40-12-6-7-14-43(40)79-54)44-17-15-37(47(62-44)53(75)76)39-26-60-69(35(39)2)33-57-28-55(3)27-56(4,29-57)31-58(30-55,32-57)78-25-22-67(5)21-24-77-23-19-59-41-13-8-10-38-46(41)52(74)70(51(38)73)42-16-18-45(71)63-50(42)72/h6-8,10,12-15,17,26,42,59H,9,11,16,18-25,27-33H2,1-5H3,(H,75,76)(H,61,64,65)(H,63,71,72). The van der Waals surface area contributed by atoms with Crippen molar-refractivity contribution in [3.05, 3.63) is 94.4 Å². The van der Waals surface area contributed by atoms with Crippen LogP contribution in [0.4, 0.5) is 28.3 Å². The number of nitrogens with one attached hydrogen (secondary N) is 3. The minimum atomic E-state index is -1.11. The molecule has 3 unspecified atom stereocenters. The molecule has 13 rings (SSSR count). The van der Waals surface area contributed by atoms with Gasteiger partial charge in [0.15, 0.2) is 22.5 Å². The molecule has 4 N–H and O–H groups in total. The van der Waals surface area contributed by atoms with E-state index in [1.165, 1.54) is 6.42 Å². The van der Waals surface area contributed by atoms with E-state index in [1.54, 1.807) is 35.7 Å². The topological polar surface area (TPSA) is 239 Å². The number of hydrogen-bond donors (Lipinski definition) is 4. The number of nitrogens with zero attached hydrogens (tertiary/aromatic N) is 9. The van der Waals surface area contributed by atoms with Crippen molar-refractivity contribution in [3.8, 4) is 11.1 Å². The van der Waals surface area contributed by atoms with Crippen LogP contribution >= 0.6 is 11.3 Å². The molecule has 3 atom stereocenters. The molecule has 3 aliphatic heterocycles. The first-order valence-corrected chi connectivity index (χ1v) is 28.3. The van der Waals surface area contributed by atoms with Crippen molar-refractivity contribution in [3.63, 3.8) is 0 Å². The number of para-hydroxylation sites is 1. The summed E-state index contributed by atoms with van der Waals surface area (Å²) in [6.07, 6.45) is 9.92. The third-order valence-electron chi connectivity index (χ3n) is 17.3. The molecule has 79 heavy (non-hydrogen) atoms. The Labute approximate surface area is 461 Å². The fourth-order valence-corrected chi connectivity index (χ4v) is 15.9. The minimum Gasteiger partial charge on any atom is -0.476 e. The van der Waals surface area contributed by atoms with Gasteiger partial charge in [0.25, 0.3) is 11.8 Å². The number of carbonyl (C=O) groups excluding carboxylic acids is 4. The Morgan fingerprint density at radius 1 is 0.873 bits per heavy atom. The van der Waals surface area contributed by atoms with Crippen molar-refractivity contribution < 1.29 is 38.6 Å². The van der Waals surface area contributed by atoms with Gasteiger partial charge in [0.05, 0.1) is 53.0 Å². The van der Waals surface area contributed by atoms with Gasteiger partial charge in [-0.25, -0.2) is 14.8 Å². The first kappa shape index (κ1) is 52.5. The number of carboxylic acid groups (broad SMARTS) is 1. The molecular formula is C58H66N12O8S. The molecule has 4 bridgehead atoms. The van der Waals surface area contributed by atoms with Crippen LogP contribution in [0.15, 0.2) is 60.8 Å². The third kappa shape index (κ3) is 9.81. The van der Waals surface area contributed by atoms with Crippen molar-refractivity contribution in [1.82, 2.24) is 45.1 Å². The largest absolute Gasteiger partial charge is 0.476 e. The lowest BCUT2D eigenvalue weighted by atomic mass is 9.39. The Morgan fingerprint density at radius 3 is 2.46 bits per heavy atom. The molecule has 4 aliphatic carbocycles. The number of amides is 4. The first-order chi connectivity index (χ1) is 37.9. The van der Waals surface area contributed by atoms with Gasteiger partial charge in [-0.15, -0.1) is 10.2 Å². The smallest absolute Gasteiger partial charge is 0.355 e. The number of aromatic carboxylic acids is 1. The maximum Gasteiger partial charge on any atom is 0.355 e. The van der Waals surface area contributed by atoms with Gasteiger partial charge in [0.2, 0.25) is 11.8 Å². The zero-order valence-electron chi connectivity index (χ0n) is 45.3. The predicted octanol–water partition coefficient (Wildman–Crippen LogP) is 8.09. The van der Waals surface area contributed by atoms with E-state index < -0.39 is 35.6 Å². The Hall–Kier alpha value is -7.20. The Kier molecular flexibility index (Phi) is 13.4. The van der Waals surface area contributed by atoms with E-state index in [0.717, 1.165) is 101 Å². The van der Waals surface area contributed by atoms with Crippen LogP contribution in [0.1, 0.15) is 120 Å². The van der Waals surface area contributed by atoms with Crippen molar-refractivity contribution in [2.45, 2.75) is 110 Å². The summed E-state index contributed by atoms with van der Waals surface area (Å²) < 4.78 is 16.3. The molecule has 5 fully saturated rings. The number of fused-ring (bicyclic) bond motifs is 3. The number of pyridine rings is 1. The molecule has 4 saturated carbocycles. The van der Waals surface area contributed by atoms with Crippen molar-refractivity contribution in [2.24, 2.45) is 16.2 Å². The molecule has 412 valence electrons. The minimum absolute atomic E-state index is 0.0335. The fraction of sp³-hybridized carbons (Fsp3) is 0.483. The van der Waals surface area contributed by atoms with Gasteiger partial charge in [0.1, 0.15) is 11.9 Å². The van der Waals surface area contributed by atoms with Gasteiger partial charge in [0, 0.05) is 72.8 Å². The van der Waals surface area contributed by atoms with Crippen molar-refractivity contribution in [2.75, 3.05) is 68.6 Å². The molecular weight excluding hydrogens is 1020 g/mol. The number of likely N-dealkylation sites (N-methyl/N-ethyl adjacent to an activating group) is 1. The summed E-state index contributed by atoms with van der Waals surface area (Å²) in [5, 5.41) is 34.6. The lowest BCUT2D eigenvalue weighted by Gasteiger charge is -2.69. The molecule has 6 aromatic rings. The number of aromatic nitrogens is 6. The SMILES string of the molecule is Cc1c(Nc2nc3ccccc3s2)nnc2c1CCCN2c1ccc(-c2cnn(CC34CC5(C)CC(C)(C3)CC(OCCN(C)CCOCCNc3cccc6c3C(=O)N(C3CCC(=O)NC3=O)C6=O)(C5)C4)c2C)c(C(=O)O)n1. The maximum absolute atomic E-state index is 13.5. The number of ether oxygens (including phenoxy) is 2. The number of imide groups is 2. The summed E-state index contributed by atoms with van der Waals surface area (Å²) >= 11 is 1.56. The molecule has 4 aromatic heterocycles. The quantitative estimate of drug-likeness (QED) is 0.0443. The van der Waals surface area contributed by atoms with Gasteiger partial charge in [-0.3, -0.25) is 34.1 Å². The van der Waals surface area contributed by atoms with Crippen LogP contribution < -0.4 is 20.9 Å². The number of hydrogen-bond acceptors (Lipinski definition) is 17. The average molecular weight is 1090 g/mol. The molecule has 4 amide bonds. The second-order valence-electron chi connectivity index (χ2n) is 23.7. The molecule has 20 nitrogen and oxygen atoms in total. The number of thiazole rings is 1. The van der Waals surface area contributed by atoms with E-state index in [-0.39, 0.29) is 51.5 Å². The number of piperidine rings is 1. The lowest BCUT2D eigenvalue weighted by Crippen LogP contribution is -2.64. The van der Waals surface area contributed by atoms with Gasteiger partial charge in [-0.1, -0.05) is 43.4 Å². The zero-order chi connectivity index (χ0) is 55.0. The molecule has 21 heteroatoms. The van der Waals surface area contributed by atoms with Crippen LogP contribution in [-0.2, 0) is 32.0 Å². The van der Waals surface area contributed by atoms with Gasteiger partial charge in [-0.2, -0.15) is 5.10 Å². The Morgan fingerprint density at radius 2 is 1.67 bits per heavy atom. The van der Waals surface area contributed by atoms with Crippen LogP contribution in [0.25, 0.3) is 21.3 Å². The summed E-state index contributed by atoms with van der Waals surface area (Å²) in [5.41, 5.74) is 5.98. The van der Waals surface area contributed by atoms with Gasteiger partial charge in [-0.05, 0) is 131 Å². The van der Waals surface area contributed by atoms with Gasteiger partial charge < -0.3 is 35.0 Å². The normalized spacial score (nSPS) is 25.1. The van der Waals surface area contributed by atoms with Crippen molar-refractivity contribution in [1.29, 1.82) is 0 Å². The Bertz CT molecular complexity index is 3420. The fourth-order valence-electron chi connectivity index (χ4n) is 15.0.